The summed E-state index contributed by atoms with van der Waals surface area (Å²) in [4.78, 5) is 13.6. The molecule has 0 spiro atoms. The highest BCUT2D eigenvalue weighted by Crippen LogP contribution is 2.13. The molecule has 1 aromatic rings. The summed E-state index contributed by atoms with van der Waals surface area (Å²) in [5, 5.41) is 0.955. The van der Waals surface area contributed by atoms with Gasteiger partial charge in [-0.25, -0.2) is 0 Å². The van der Waals surface area contributed by atoms with E-state index in [2.05, 4.69) is 11.2 Å². The number of hydrogen-bond donors (Lipinski definition) is 1. The average Bonchev–Trinajstić information content (AvgIpc) is 2.05. The first-order chi connectivity index (χ1) is 5.83. The van der Waals surface area contributed by atoms with Crippen molar-refractivity contribution >= 4 is 23.5 Å². The quantitative estimate of drug-likeness (QED) is 0.596. The van der Waals surface area contributed by atoms with Crippen molar-refractivity contribution in [2.75, 3.05) is 17.8 Å². The van der Waals surface area contributed by atoms with Crippen LogP contribution in [-0.2, 0) is 0 Å². The second-order valence-corrected chi connectivity index (χ2v) is 4.34. The molecule has 12 heavy (non-hydrogen) atoms. The molecule has 0 aliphatic carbocycles. The number of aromatic amines is 1. The van der Waals surface area contributed by atoms with Gasteiger partial charge in [0.1, 0.15) is 0 Å². The molecule has 0 aromatic carbocycles. The summed E-state index contributed by atoms with van der Waals surface area (Å²) in [5.41, 5.74) is -0.0239. The van der Waals surface area contributed by atoms with E-state index in [9.17, 15) is 4.79 Å². The van der Waals surface area contributed by atoms with E-state index in [1.807, 2.05) is 17.8 Å². The molecule has 1 rings (SSSR count). The molecule has 0 aliphatic heterocycles. The van der Waals surface area contributed by atoms with Crippen molar-refractivity contribution in [2.45, 2.75) is 5.03 Å². The number of rotatable bonds is 4. The summed E-state index contributed by atoms with van der Waals surface area (Å²) in [5.74, 6) is 2.16. The highest BCUT2D eigenvalue weighted by Gasteiger charge is 1.92. The summed E-state index contributed by atoms with van der Waals surface area (Å²) in [6, 6.07) is 5.23. The van der Waals surface area contributed by atoms with Crippen molar-refractivity contribution in [3.8, 4) is 0 Å². The molecule has 0 atom stereocenters. The molecule has 66 valence electrons. The Kier molecular flexibility index (Phi) is 4.32. The van der Waals surface area contributed by atoms with Crippen molar-refractivity contribution in [1.29, 1.82) is 0 Å². The minimum Gasteiger partial charge on any atom is -0.317 e. The van der Waals surface area contributed by atoms with Gasteiger partial charge in [0.25, 0.3) is 0 Å². The molecule has 1 aromatic heterocycles. The largest absolute Gasteiger partial charge is 0.317 e. The molecule has 0 saturated heterocycles. The third-order valence-electron chi connectivity index (χ3n) is 1.29. The van der Waals surface area contributed by atoms with Crippen LogP contribution in [0.3, 0.4) is 0 Å². The van der Waals surface area contributed by atoms with E-state index >= 15 is 0 Å². The first-order valence-corrected chi connectivity index (χ1v) is 6.02. The molecule has 0 amide bonds. The van der Waals surface area contributed by atoms with E-state index in [-0.39, 0.29) is 5.56 Å². The second kappa shape index (κ2) is 5.32. The molecular weight excluding hydrogens is 190 g/mol. The lowest BCUT2D eigenvalue weighted by atomic mass is 10.5. The Bertz CT molecular complexity index is 284. The van der Waals surface area contributed by atoms with E-state index in [0.29, 0.717) is 0 Å². The van der Waals surface area contributed by atoms with Crippen LogP contribution in [0.4, 0.5) is 0 Å². The lowest BCUT2D eigenvalue weighted by molar-refractivity contribution is 1.08. The summed E-state index contributed by atoms with van der Waals surface area (Å²) < 4.78 is 0. The number of H-pyrrole nitrogens is 1. The fourth-order valence-electron chi connectivity index (χ4n) is 0.747. The van der Waals surface area contributed by atoms with E-state index in [4.69, 9.17) is 0 Å². The Morgan fingerprint density at radius 1 is 1.42 bits per heavy atom. The van der Waals surface area contributed by atoms with Gasteiger partial charge in [0.15, 0.2) is 0 Å². The Hall–Kier alpha value is -0.350. The molecule has 0 saturated carbocycles. The van der Waals surface area contributed by atoms with Crippen molar-refractivity contribution in [3.63, 3.8) is 0 Å². The number of nitrogens with one attached hydrogen (secondary N) is 1. The van der Waals surface area contributed by atoms with Gasteiger partial charge in [0.05, 0.1) is 5.03 Å². The second-order valence-electron chi connectivity index (χ2n) is 2.22. The summed E-state index contributed by atoms with van der Waals surface area (Å²) >= 11 is 3.49. The molecule has 1 heterocycles. The van der Waals surface area contributed by atoms with Crippen LogP contribution in [0, 0.1) is 0 Å². The number of thioether (sulfide) groups is 2. The predicted molar refractivity (Wildman–Crippen MR) is 56.2 cm³/mol. The molecule has 0 radical (unpaired) electrons. The van der Waals surface area contributed by atoms with Crippen LogP contribution in [0.2, 0.25) is 0 Å². The third-order valence-corrected chi connectivity index (χ3v) is 3.11. The maximum Gasteiger partial charge on any atom is 0.248 e. The molecular formula is C8H11NOS2. The molecule has 0 bridgehead atoms. The van der Waals surface area contributed by atoms with E-state index in [1.165, 1.54) is 6.07 Å². The number of aromatic nitrogens is 1. The first kappa shape index (κ1) is 9.74. The van der Waals surface area contributed by atoms with Gasteiger partial charge >= 0.3 is 0 Å². The number of pyridine rings is 1. The molecule has 2 nitrogen and oxygen atoms in total. The average molecular weight is 201 g/mol. The monoisotopic (exact) mass is 201 g/mol. The topological polar surface area (TPSA) is 32.9 Å². The van der Waals surface area contributed by atoms with Crippen molar-refractivity contribution in [1.82, 2.24) is 4.98 Å². The molecule has 0 aliphatic rings. The first-order valence-electron chi connectivity index (χ1n) is 3.64. The SMILES string of the molecule is CSCCSc1cccc(=O)[nH]1. The maximum absolute atomic E-state index is 10.8. The summed E-state index contributed by atoms with van der Waals surface area (Å²) in [7, 11) is 0. The van der Waals surface area contributed by atoms with Gasteiger partial charge in [-0.2, -0.15) is 11.8 Å². The smallest absolute Gasteiger partial charge is 0.248 e. The van der Waals surface area contributed by atoms with Crippen LogP contribution >= 0.6 is 23.5 Å². The highest BCUT2D eigenvalue weighted by molar-refractivity contribution is 8.02. The van der Waals surface area contributed by atoms with Gasteiger partial charge < -0.3 is 4.98 Å². The van der Waals surface area contributed by atoms with Crippen LogP contribution < -0.4 is 5.56 Å². The van der Waals surface area contributed by atoms with Crippen LogP contribution in [0.5, 0.6) is 0 Å². The van der Waals surface area contributed by atoms with Gasteiger partial charge in [0.2, 0.25) is 5.56 Å². The maximum atomic E-state index is 10.8. The van der Waals surface area contributed by atoms with Crippen molar-refractivity contribution < 1.29 is 0 Å². The lowest BCUT2D eigenvalue weighted by Crippen LogP contribution is -2.03. The number of hydrogen-bond acceptors (Lipinski definition) is 3. The molecule has 0 fully saturated rings. The summed E-state index contributed by atoms with van der Waals surface area (Å²) in [6.45, 7) is 0. The van der Waals surface area contributed by atoms with Gasteiger partial charge in [-0.05, 0) is 12.3 Å². The zero-order valence-corrected chi connectivity index (χ0v) is 8.50. The van der Waals surface area contributed by atoms with Crippen molar-refractivity contribution in [2.24, 2.45) is 0 Å². The van der Waals surface area contributed by atoms with Crippen LogP contribution in [0.1, 0.15) is 0 Å². The van der Waals surface area contributed by atoms with Crippen LogP contribution in [-0.4, -0.2) is 22.7 Å². The van der Waals surface area contributed by atoms with Gasteiger partial charge in [-0.3, -0.25) is 4.79 Å². The Morgan fingerprint density at radius 2 is 2.25 bits per heavy atom. The van der Waals surface area contributed by atoms with Crippen LogP contribution in [0.15, 0.2) is 28.0 Å². The van der Waals surface area contributed by atoms with E-state index in [1.54, 1.807) is 17.8 Å². The van der Waals surface area contributed by atoms with Crippen LogP contribution in [0.25, 0.3) is 0 Å². The van der Waals surface area contributed by atoms with Gasteiger partial charge in [-0.15, -0.1) is 11.8 Å². The Balaban J connectivity index is 2.47. The Labute approximate surface area is 80.2 Å². The normalized spacial score (nSPS) is 10.1. The highest BCUT2D eigenvalue weighted by atomic mass is 32.2. The fraction of sp³-hybridized carbons (Fsp3) is 0.375. The molecule has 4 heteroatoms. The fourth-order valence-corrected chi connectivity index (χ4v) is 2.31. The molecule has 1 N–H and O–H groups in total. The zero-order chi connectivity index (χ0) is 8.81. The zero-order valence-electron chi connectivity index (χ0n) is 6.87. The predicted octanol–water partition coefficient (Wildman–Crippen LogP) is 1.83. The standard InChI is InChI=1S/C8H11NOS2/c1-11-5-6-12-8-4-2-3-7(10)9-8/h2-4H,5-6H2,1H3,(H,9,10). The Morgan fingerprint density at radius 3 is 2.92 bits per heavy atom. The minimum atomic E-state index is -0.0239. The summed E-state index contributed by atoms with van der Waals surface area (Å²) in [6.07, 6.45) is 2.08. The molecule has 0 unspecified atom stereocenters. The lowest BCUT2D eigenvalue weighted by Gasteiger charge is -1.98. The van der Waals surface area contributed by atoms with Gasteiger partial charge in [0, 0.05) is 17.6 Å². The van der Waals surface area contributed by atoms with E-state index < -0.39 is 0 Å². The minimum absolute atomic E-state index is 0.0239. The third kappa shape index (κ3) is 3.36. The van der Waals surface area contributed by atoms with Gasteiger partial charge in [-0.1, -0.05) is 6.07 Å². The van der Waals surface area contributed by atoms with Crippen molar-refractivity contribution in [3.05, 3.63) is 28.6 Å². The van der Waals surface area contributed by atoms with E-state index in [0.717, 1.165) is 16.5 Å².